The lowest BCUT2D eigenvalue weighted by Crippen LogP contribution is -2.23. The second kappa shape index (κ2) is 4.44. The van der Waals surface area contributed by atoms with Gasteiger partial charge in [-0.3, -0.25) is 4.72 Å². The Balaban J connectivity index is 3.03. The summed E-state index contributed by atoms with van der Waals surface area (Å²) in [5, 5.41) is 9.59. The van der Waals surface area contributed by atoms with Gasteiger partial charge in [-0.2, -0.15) is 0 Å². The van der Waals surface area contributed by atoms with E-state index in [0.29, 0.717) is 5.69 Å². The van der Waals surface area contributed by atoms with Gasteiger partial charge >= 0.3 is 0 Å². The van der Waals surface area contributed by atoms with Crippen LogP contribution in [0.5, 0.6) is 11.5 Å². The van der Waals surface area contributed by atoms with E-state index >= 15 is 0 Å². The van der Waals surface area contributed by atoms with Crippen LogP contribution in [0.15, 0.2) is 18.2 Å². The molecule has 0 saturated heterocycles. The third kappa shape index (κ3) is 4.95. The van der Waals surface area contributed by atoms with Gasteiger partial charge in [0.25, 0.3) is 0 Å². The number of ether oxygens (including phenoxy) is 1. The molecule has 0 amide bonds. The maximum Gasteiger partial charge on any atom is 0.229 e. The number of sulfonamides is 1. The molecule has 0 atom stereocenters. The van der Waals surface area contributed by atoms with Crippen LogP contribution in [-0.2, 0) is 10.0 Å². The lowest BCUT2D eigenvalue weighted by atomic mass is 10.2. The Hall–Kier alpha value is -1.43. The van der Waals surface area contributed by atoms with E-state index in [0.717, 1.165) is 6.26 Å². The first-order valence-corrected chi connectivity index (χ1v) is 6.96. The molecule has 1 aromatic rings. The summed E-state index contributed by atoms with van der Waals surface area (Å²) in [5.41, 5.74) is -0.120. The van der Waals surface area contributed by atoms with Crippen LogP contribution in [0.1, 0.15) is 20.8 Å². The van der Waals surface area contributed by atoms with Gasteiger partial charge in [0, 0.05) is 6.07 Å². The normalized spacial score (nSPS) is 12.2. The zero-order chi connectivity index (χ0) is 13.3. The number of hydrogen-bond donors (Lipinski definition) is 2. The number of benzene rings is 1. The van der Waals surface area contributed by atoms with Crippen LogP contribution in [0.3, 0.4) is 0 Å². The highest BCUT2D eigenvalue weighted by molar-refractivity contribution is 7.92. The largest absolute Gasteiger partial charge is 0.504 e. The summed E-state index contributed by atoms with van der Waals surface area (Å²) in [6.45, 7) is 5.51. The molecule has 0 saturated carbocycles. The molecule has 96 valence electrons. The van der Waals surface area contributed by atoms with Gasteiger partial charge in [0.2, 0.25) is 10.0 Å². The van der Waals surface area contributed by atoms with Gasteiger partial charge in [-0.05, 0) is 32.9 Å². The lowest BCUT2D eigenvalue weighted by molar-refractivity contribution is 0.126. The third-order valence-electron chi connectivity index (χ3n) is 1.68. The quantitative estimate of drug-likeness (QED) is 0.813. The topological polar surface area (TPSA) is 75.6 Å². The molecule has 6 heteroatoms. The fourth-order valence-electron chi connectivity index (χ4n) is 1.20. The zero-order valence-corrected chi connectivity index (χ0v) is 11.1. The number of aromatic hydroxyl groups is 1. The summed E-state index contributed by atoms with van der Waals surface area (Å²) in [6.07, 6.45) is 1.06. The maximum atomic E-state index is 11.1. The SMILES string of the molecule is CC(C)(C)Oc1cc(NS(C)(=O)=O)ccc1O. The summed E-state index contributed by atoms with van der Waals surface area (Å²) >= 11 is 0. The fourth-order valence-corrected chi connectivity index (χ4v) is 1.76. The highest BCUT2D eigenvalue weighted by Crippen LogP contribution is 2.32. The van der Waals surface area contributed by atoms with Crippen LogP contribution in [0.25, 0.3) is 0 Å². The van der Waals surface area contributed by atoms with Crippen molar-refractivity contribution in [3.05, 3.63) is 18.2 Å². The molecular formula is C11H17NO4S. The third-order valence-corrected chi connectivity index (χ3v) is 2.29. The van der Waals surface area contributed by atoms with Gasteiger partial charge in [0.1, 0.15) is 5.60 Å². The fraction of sp³-hybridized carbons (Fsp3) is 0.455. The first-order valence-electron chi connectivity index (χ1n) is 5.07. The number of hydrogen-bond acceptors (Lipinski definition) is 4. The van der Waals surface area contributed by atoms with Crippen molar-refractivity contribution in [3.8, 4) is 11.5 Å². The van der Waals surface area contributed by atoms with Gasteiger partial charge in [-0.15, -0.1) is 0 Å². The summed E-state index contributed by atoms with van der Waals surface area (Å²) in [7, 11) is -3.34. The van der Waals surface area contributed by atoms with Gasteiger partial charge in [0.15, 0.2) is 11.5 Å². The van der Waals surface area contributed by atoms with Crippen LogP contribution in [0.2, 0.25) is 0 Å². The molecule has 0 radical (unpaired) electrons. The van der Waals surface area contributed by atoms with Crippen LogP contribution in [0, 0.1) is 0 Å². The predicted molar refractivity (Wildman–Crippen MR) is 67.0 cm³/mol. The Morgan fingerprint density at radius 1 is 1.29 bits per heavy atom. The number of phenolic OH excluding ortho intramolecular Hbond substituents is 1. The van der Waals surface area contributed by atoms with E-state index in [1.165, 1.54) is 18.2 Å². The van der Waals surface area contributed by atoms with Gasteiger partial charge in [-0.1, -0.05) is 0 Å². The van der Waals surface area contributed by atoms with Crippen molar-refractivity contribution in [1.29, 1.82) is 0 Å². The van der Waals surface area contributed by atoms with Crippen molar-refractivity contribution in [2.45, 2.75) is 26.4 Å². The second-order valence-corrected chi connectivity index (χ2v) is 6.52. The standard InChI is InChI=1S/C11H17NO4S/c1-11(2,3)16-10-7-8(5-6-9(10)13)12-17(4,14)15/h5-7,12-13H,1-4H3. The number of nitrogens with one attached hydrogen (secondary N) is 1. The Morgan fingerprint density at radius 2 is 1.88 bits per heavy atom. The Kier molecular flexibility index (Phi) is 3.56. The minimum absolute atomic E-state index is 0.0287. The molecule has 0 bridgehead atoms. The smallest absolute Gasteiger partial charge is 0.229 e. The Bertz CT molecular complexity index is 503. The molecule has 0 aliphatic carbocycles. The van der Waals surface area contributed by atoms with Crippen molar-refractivity contribution in [2.24, 2.45) is 0 Å². The molecular weight excluding hydrogens is 242 g/mol. The average Bonchev–Trinajstić information content (AvgIpc) is 2.05. The van der Waals surface area contributed by atoms with Crippen molar-refractivity contribution in [2.75, 3.05) is 11.0 Å². The van der Waals surface area contributed by atoms with Crippen molar-refractivity contribution < 1.29 is 18.3 Å². The van der Waals surface area contributed by atoms with E-state index in [9.17, 15) is 13.5 Å². The molecule has 17 heavy (non-hydrogen) atoms. The van der Waals surface area contributed by atoms with Gasteiger partial charge in [0.05, 0.1) is 11.9 Å². The van der Waals surface area contributed by atoms with Crippen LogP contribution < -0.4 is 9.46 Å². The zero-order valence-electron chi connectivity index (χ0n) is 10.3. The summed E-state index contributed by atoms with van der Waals surface area (Å²) < 4.78 is 30.0. The van der Waals surface area contributed by atoms with Crippen LogP contribution >= 0.6 is 0 Å². The molecule has 0 heterocycles. The van der Waals surface area contributed by atoms with Crippen molar-refractivity contribution in [3.63, 3.8) is 0 Å². The molecule has 2 N–H and O–H groups in total. The van der Waals surface area contributed by atoms with E-state index in [2.05, 4.69) is 4.72 Å². The second-order valence-electron chi connectivity index (χ2n) is 4.77. The lowest BCUT2D eigenvalue weighted by Gasteiger charge is -2.22. The highest BCUT2D eigenvalue weighted by Gasteiger charge is 2.15. The summed E-state index contributed by atoms with van der Waals surface area (Å²) in [6, 6.07) is 4.29. The molecule has 0 spiro atoms. The minimum atomic E-state index is -3.34. The number of phenols is 1. The molecule has 0 unspecified atom stereocenters. The van der Waals surface area contributed by atoms with Crippen molar-refractivity contribution in [1.82, 2.24) is 0 Å². The first-order chi connectivity index (χ1) is 7.57. The van der Waals surface area contributed by atoms with E-state index in [1.807, 2.05) is 20.8 Å². The number of rotatable bonds is 3. The monoisotopic (exact) mass is 259 g/mol. The van der Waals surface area contributed by atoms with Crippen LogP contribution in [0.4, 0.5) is 5.69 Å². The van der Waals surface area contributed by atoms with E-state index in [1.54, 1.807) is 0 Å². The van der Waals surface area contributed by atoms with Gasteiger partial charge in [-0.25, -0.2) is 8.42 Å². The highest BCUT2D eigenvalue weighted by atomic mass is 32.2. The molecule has 1 aromatic carbocycles. The molecule has 1 rings (SSSR count). The molecule has 0 aliphatic rings. The molecule has 0 fully saturated rings. The minimum Gasteiger partial charge on any atom is -0.504 e. The van der Waals surface area contributed by atoms with E-state index in [-0.39, 0.29) is 11.5 Å². The Labute approximate surface area is 101 Å². The van der Waals surface area contributed by atoms with E-state index in [4.69, 9.17) is 4.74 Å². The molecule has 5 nitrogen and oxygen atoms in total. The molecule has 0 aromatic heterocycles. The summed E-state index contributed by atoms with van der Waals surface area (Å²) in [5.74, 6) is 0.213. The van der Waals surface area contributed by atoms with E-state index < -0.39 is 15.6 Å². The average molecular weight is 259 g/mol. The van der Waals surface area contributed by atoms with Gasteiger partial charge < -0.3 is 9.84 Å². The maximum absolute atomic E-state index is 11.1. The summed E-state index contributed by atoms with van der Waals surface area (Å²) in [4.78, 5) is 0. The Morgan fingerprint density at radius 3 is 2.35 bits per heavy atom. The van der Waals surface area contributed by atoms with Crippen molar-refractivity contribution >= 4 is 15.7 Å². The molecule has 0 aliphatic heterocycles. The number of anilines is 1. The first kappa shape index (κ1) is 13.6. The van der Waals surface area contributed by atoms with Crippen LogP contribution in [-0.4, -0.2) is 25.4 Å². The predicted octanol–water partition coefficient (Wildman–Crippen LogP) is 1.94.